The fourth-order valence-corrected chi connectivity index (χ4v) is 2.32. The maximum atomic E-state index is 12.2. The second-order valence-corrected chi connectivity index (χ2v) is 5.32. The Hall–Kier alpha value is -1.33. The van der Waals surface area contributed by atoms with Crippen molar-refractivity contribution in [3.8, 4) is 0 Å². The molecule has 0 saturated heterocycles. The van der Waals surface area contributed by atoms with Crippen molar-refractivity contribution < 1.29 is 4.79 Å². The molecule has 0 bridgehead atoms. The van der Waals surface area contributed by atoms with Gasteiger partial charge < -0.3 is 9.88 Å². The highest BCUT2D eigenvalue weighted by atomic mass is 79.9. The van der Waals surface area contributed by atoms with E-state index in [9.17, 15) is 4.79 Å². The van der Waals surface area contributed by atoms with Gasteiger partial charge in [0.2, 0.25) is 0 Å². The van der Waals surface area contributed by atoms with Gasteiger partial charge in [0.1, 0.15) is 11.5 Å². The fraction of sp³-hybridized carbons (Fsp3) is 0.231. The van der Waals surface area contributed by atoms with Gasteiger partial charge in [-0.05, 0) is 40.5 Å². The lowest BCUT2D eigenvalue weighted by Crippen LogP contribution is -2.17. The number of hydrogen-bond donors (Lipinski definition) is 1. The molecular weight excluding hydrogens is 330 g/mol. The number of aryl methyl sites for hydroxylation is 1. The standard InChI is InChI=1S/C13H13BrClN3O/c1-2-6-18-8-9(15)7-11(18)13(19)17-12-10(14)4-3-5-16-12/h3-5,7-8H,2,6H2,1H3,(H,16,17,19). The minimum atomic E-state index is -0.222. The van der Waals surface area contributed by atoms with Crippen LogP contribution >= 0.6 is 27.5 Å². The smallest absolute Gasteiger partial charge is 0.273 e. The number of anilines is 1. The van der Waals surface area contributed by atoms with E-state index in [-0.39, 0.29) is 5.91 Å². The number of aromatic nitrogens is 2. The molecule has 0 fully saturated rings. The third-order valence-corrected chi connectivity index (χ3v) is 3.40. The fourth-order valence-electron chi connectivity index (χ4n) is 1.74. The molecule has 2 rings (SSSR count). The van der Waals surface area contributed by atoms with E-state index < -0.39 is 0 Å². The van der Waals surface area contributed by atoms with Crippen LogP contribution < -0.4 is 5.32 Å². The molecule has 0 aromatic carbocycles. The summed E-state index contributed by atoms with van der Waals surface area (Å²) in [5, 5.41) is 3.32. The summed E-state index contributed by atoms with van der Waals surface area (Å²) in [6.07, 6.45) is 4.31. The monoisotopic (exact) mass is 341 g/mol. The molecule has 4 nitrogen and oxygen atoms in total. The summed E-state index contributed by atoms with van der Waals surface area (Å²) < 4.78 is 2.58. The Kier molecular flexibility index (Phi) is 4.61. The number of amides is 1. The normalized spacial score (nSPS) is 10.5. The molecule has 0 aliphatic carbocycles. The number of rotatable bonds is 4. The number of hydrogen-bond acceptors (Lipinski definition) is 2. The van der Waals surface area contributed by atoms with Crippen molar-refractivity contribution in [3.05, 3.63) is 45.8 Å². The predicted molar refractivity (Wildman–Crippen MR) is 79.6 cm³/mol. The quantitative estimate of drug-likeness (QED) is 0.914. The van der Waals surface area contributed by atoms with Crippen LogP contribution in [0.4, 0.5) is 5.82 Å². The Bertz CT molecular complexity index is 597. The van der Waals surface area contributed by atoms with E-state index in [1.807, 2.05) is 17.6 Å². The lowest BCUT2D eigenvalue weighted by molar-refractivity contribution is 0.101. The Labute approximate surface area is 124 Å². The van der Waals surface area contributed by atoms with Gasteiger partial charge in [0.25, 0.3) is 5.91 Å². The van der Waals surface area contributed by atoms with Crippen LogP contribution in [-0.2, 0) is 6.54 Å². The zero-order valence-corrected chi connectivity index (χ0v) is 12.7. The van der Waals surface area contributed by atoms with Crippen molar-refractivity contribution in [1.29, 1.82) is 0 Å². The van der Waals surface area contributed by atoms with Crippen molar-refractivity contribution in [3.63, 3.8) is 0 Å². The van der Waals surface area contributed by atoms with Crippen LogP contribution in [0.15, 0.2) is 35.1 Å². The first-order valence-electron chi connectivity index (χ1n) is 5.89. The second-order valence-electron chi connectivity index (χ2n) is 4.02. The van der Waals surface area contributed by atoms with Gasteiger partial charge in [-0.1, -0.05) is 18.5 Å². The average Bonchev–Trinajstić information content (AvgIpc) is 2.74. The van der Waals surface area contributed by atoms with Crippen LogP contribution in [0.3, 0.4) is 0 Å². The molecule has 0 radical (unpaired) electrons. The highest BCUT2D eigenvalue weighted by Gasteiger charge is 2.14. The number of halogens is 2. The topological polar surface area (TPSA) is 46.9 Å². The predicted octanol–water partition coefficient (Wildman–Crippen LogP) is 3.96. The average molecular weight is 343 g/mol. The van der Waals surface area contributed by atoms with Gasteiger partial charge in [-0.25, -0.2) is 4.98 Å². The van der Waals surface area contributed by atoms with Crippen molar-refractivity contribution in [1.82, 2.24) is 9.55 Å². The Morgan fingerprint density at radius 2 is 2.37 bits per heavy atom. The minimum Gasteiger partial charge on any atom is -0.342 e. The van der Waals surface area contributed by atoms with Gasteiger partial charge in [0, 0.05) is 18.9 Å². The first-order valence-corrected chi connectivity index (χ1v) is 7.06. The number of pyridine rings is 1. The van der Waals surface area contributed by atoms with Crippen LogP contribution in [-0.4, -0.2) is 15.5 Å². The molecular formula is C13H13BrClN3O. The summed E-state index contributed by atoms with van der Waals surface area (Å²) >= 11 is 9.30. The lowest BCUT2D eigenvalue weighted by atomic mass is 10.3. The number of carbonyl (C=O) groups excluding carboxylic acids is 1. The largest absolute Gasteiger partial charge is 0.342 e. The van der Waals surface area contributed by atoms with E-state index in [0.717, 1.165) is 17.4 Å². The molecule has 1 N–H and O–H groups in total. The van der Waals surface area contributed by atoms with Gasteiger partial charge >= 0.3 is 0 Å². The molecule has 19 heavy (non-hydrogen) atoms. The molecule has 0 saturated carbocycles. The van der Waals surface area contributed by atoms with Crippen LogP contribution in [0.2, 0.25) is 5.02 Å². The van der Waals surface area contributed by atoms with Crippen LogP contribution in [0, 0.1) is 0 Å². The van der Waals surface area contributed by atoms with Crippen molar-refractivity contribution in [2.24, 2.45) is 0 Å². The molecule has 0 aliphatic heterocycles. The summed E-state index contributed by atoms with van der Waals surface area (Å²) in [6, 6.07) is 5.26. The second kappa shape index (κ2) is 6.21. The molecule has 0 spiro atoms. The number of nitrogens with one attached hydrogen (secondary N) is 1. The Morgan fingerprint density at radius 1 is 1.58 bits per heavy atom. The molecule has 6 heteroatoms. The van der Waals surface area contributed by atoms with Crippen molar-refractivity contribution >= 4 is 39.3 Å². The molecule has 0 unspecified atom stereocenters. The molecule has 2 aromatic rings. The van der Waals surface area contributed by atoms with Crippen molar-refractivity contribution in [2.45, 2.75) is 19.9 Å². The molecule has 2 aromatic heterocycles. The molecule has 0 aliphatic rings. The zero-order valence-electron chi connectivity index (χ0n) is 10.4. The summed E-state index contributed by atoms with van der Waals surface area (Å²) in [6.45, 7) is 2.80. The summed E-state index contributed by atoms with van der Waals surface area (Å²) in [4.78, 5) is 16.3. The van der Waals surface area contributed by atoms with Crippen molar-refractivity contribution in [2.75, 3.05) is 5.32 Å². The van der Waals surface area contributed by atoms with E-state index in [2.05, 4.69) is 26.2 Å². The van der Waals surface area contributed by atoms with Gasteiger partial charge in [0.15, 0.2) is 0 Å². The van der Waals surface area contributed by atoms with Crippen LogP contribution in [0.5, 0.6) is 0 Å². The van der Waals surface area contributed by atoms with E-state index >= 15 is 0 Å². The highest BCUT2D eigenvalue weighted by molar-refractivity contribution is 9.10. The van der Waals surface area contributed by atoms with Gasteiger partial charge in [0.05, 0.1) is 9.50 Å². The number of carbonyl (C=O) groups is 1. The van der Waals surface area contributed by atoms with Crippen LogP contribution in [0.1, 0.15) is 23.8 Å². The Morgan fingerprint density at radius 3 is 3.05 bits per heavy atom. The first-order chi connectivity index (χ1) is 9.11. The van der Waals surface area contributed by atoms with Gasteiger partial charge in [-0.2, -0.15) is 0 Å². The van der Waals surface area contributed by atoms with Gasteiger partial charge in [-0.15, -0.1) is 0 Å². The maximum Gasteiger partial charge on any atom is 0.273 e. The van der Waals surface area contributed by atoms with Gasteiger partial charge in [-0.3, -0.25) is 4.79 Å². The summed E-state index contributed by atoms with van der Waals surface area (Å²) in [5.41, 5.74) is 0.532. The minimum absolute atomic E-state index is 0.222. The number of nitrogens with zero attached hydrogens (tertiary/aromatic N) is 2. The molecule has 1 amide bonds. The third-order valence-electron chi connectivity index (χ3n) is 2.55. The van der Waals surface area contributed by atoms with Crippen LogP contribution in [0.25, 0.3) is 0 Å². The third kappa shape index (κ3) is 3.36. The SMILES string of the molecule is CCCn1cc(Cl)cc1C(=O)Nc1ncccc1Br. The van der Waals surface area contributed by atoms with E-state index in [1.165, 1.54) is 0 Å². The van der Waals surface area contributed by atoms with E-state index in [4.69, 9.17) is 11.6 Å². The highest BCUT2D eigenvalue weighted by Crippen LogP contribution is 2.20. The van der Waals surface area contributed by atoms with E-state index in [0.29, 0.717) is 16.5 Å². The summed E-state index contributed by atoms with van der Waals surface area (Å²) in [7, 11) is 0. The van der Waals surface area contributed by atoms with E-state index in [1.54, 1.807) is 24.5 Å². The first kappa shape index (κ1) is 14.1. The zero-order chi connectivity index (χ0) is 13.8. The summed E-state index contributed by atoms with van der Waals surface area (Å²) in [5.74, 6) is 0.271. The lowest BCUT2D eigenvalue weighted by Gasteiger charge is -2.09. The maximum absolute atomic E-state index is 12.2. The molecule has 2 heterocycles. The Balaban J connectivity index is 2.23. The molecule has 100 valence electrons. The molecule has 0 atom stereocenters.